The van der Waals surface area contributed by atoms with Crippen molar-refractivity contribution in [2.75, 3.05) is 11.1 Å². The molecule has 0 spiro atoms. The zero-order valence-corrected chi connectivity index (χ0v) is 18.2. The first-order chi connectivity index (χ1) is 15.7. The van der Waals surface area contributed by atoms with E-state index in [1.54, 1.807) is 31.2 Å². The molecule has 32 heavy (non-hydrogen) atoms. The molecule has 2 N–H and O–H groups in total. The number of hydrogen-bond donors (Lipinski definition) is 2. The van der Waals surface area contributed by atoms with Crippen LogP contribution in [0, 0.1) is 0 Å². The number of oxime groups is 1. The van der Waals surface area contributed by atoms with E-state index in [0.717, 1.165) is 22.6 Å². The highest BCUT2D eigenvalue weighted by molar-refractivity contribution is 7.99. The highest BCUT2D eigenvalue weighted by Crippen LogP contribution is 2.28. The molecule has 0 unspecified atom stereocenters. The molecular formula is C24H21N5O2S. The molecule has 7 nitrogen and oxygen atoms in total. The largest absolute Gasteiger partial charge is 0.411 e. The Morgan fingerprint density at radius 3 is 2.28 bits per heavy atom. The molecule has 0 aliphatic carbocycles. The molecule has 1 heterocycles. The average molecular weight is 444 g/mol. The van der Waals surface area contributed by atoms with E-state index in [4.69, 9.17) is 5.21 Å². The number of carbonyl (C=O) groups is 1. The second-order valence-electron chi connectivity index (χ2n) is 6.94. The molecule has 0 atom stereocenters. The number of aromatic nitrogens is 3. The van der Waals surface area contributed by atoms with Gasteiger partial charge in [0.15, 0.2) is 11.0 Å². The van der Waals surface area contributed by atoms with Crippen molar-refractivity contribution in [3.63, 3.8) is 0 Å². The lowest BCUT2D eigenvalue weighted by Crippen LogP contribution is -2.14. The number of carbonyl (C=O) groups excluding carboxylic acids is 1. The predicted molar refractivity (Wildman–Crippen MR) is 127 cm³/mol. The van der Waals surface area contributed by atoms with E-state index in [1.807, 2.05) is 65.2 Å². The fourth-order valence-corrected chi connectivity index (χ4v) is 3.88. The maximum Gasteiger partial charge on any atom is 0.234 e. The molecule has 0 radical (unpaired) electrons. The lowest BCUT2D eigenvalue weighted by molar-refractivity contribution is -0.113. The Balaban J connectivity index is 1.51. The van der Waals surface area contributed by atoms with Crippen LogP contribution in [-0.4, -0.2) is 37.3 Å². The standard InChI is InChI=1S/C24H21N5O2S/c1-17(28-31)18-12-14-20(15-13-18)25-22(30)16-32-24-27-26-23(19-8-4-2-5-9-19)29(24)21-10-6-3-7-11-21/h2-15,31H,16H2,1H3,(H,25,30)/b28-17+. The van der Waals surface area contributed by atoms with Crippen molar-refractivity contribution in [1.82, 2.24) is 14.8 Å². The summed E-state index contributed by atoms with van der Waals surface area (Å²) in [7, 11) is 0. The molecule has 4 rings (SSSR count). The van der Waals surface area contributed by atoms with Gasteiger partial charge in [-0.1, -0.05) is 77.6 Å². The van der Waals surface area contributed by atoms with Gasteiger partial charge in [0.25, 0.3) is 0 Å². The number of amides is 1. The molecule has 0 saturated carbocycles. The summed E-state index contributed by atoms with van der Waals surface area (Å²) in [4.78, 5) is 12.5. The molecule has 3 aromatic carbocycles. The highest BCUT2D eigenvalue weighted by Gasteiger charge is 2.17. The second-order valence-corrected chi connectivity index (χ2v) is 7.89. The van der Waals surface area contributed by atoms with Gasteiger partial charge in [0.2, 0.25) is 5.91 Å². The van der Waals surface area contributed by atoms with Crippen LogP contribution in [0.1, 0.15) is 12.5 Å². The van der Waals surface area contributed by atoms with Crippen LogP contribution in [0.15, 0.2) is 95.2 Å². The van der Waals surface area contributed by atoms with Crippen molar-refractivity contribution in [3.05, 3.63) is 90.5 Å². The van der Waals surface area contributed by atoms with Gasteiger partial charge in [-0.05, 0) is 36.8 Å². The third-order valence-corrected chi connectivity index (χ3v) is 5.68. The van der Waals surface area contributed by atoms with E-state index in [2.05, 4.69) is 20.7 Å². The predicted octanol–water partition coefficient (Wildman–Crippen LogP) is 4.86. The number of nitrogens with zero attached hydrogens (tertiary/aromatic N) is 4. The molecule has 0 saturated heterocycles. The smallest absolute Gasteiger partial charge is 0.234 e. The number of hydrogen-bond acceptors (Lipinski definition) is 6. The van der Waals surface area contributed by atoms with E-state index >= 15 is 0 Å². The van der Waals surface area contributed by atoms with E-state index < -0.39 is 0 Å². The third kappa shape index (κ3) is 4.87. The van der Waals surface area contributed by atoms with Crippen LogP contribution in [0.25, 0.3) is 17.1 Å². The van der Waals surface area contributed by atoms with E-state index in [1.165, 1.54) is 11.8 Å². The minimum absolute atomic E-state index is 0.154. The Morgan fingerprint density at radius 2 is 1.62 bits per heavy atom. The van der Waals surface area contributed by atoms with Crippen molar-refractivity contribution in [2.45, 2.75) is 12.1 Å². The maximum atomic E-state index is 12.5. The van der Waals surface area contributed by atoms with Crippen LogP contribution < -0.4 is 5.32 Å². The number of para-hydroxylation sites is 1. The quantitative estimate of drug-likeness (QED) is 0.184. The Morgan fingerprint density at radius 1 is 0.969 bits per heavy atom. The van der Waals surface area contributed by atoms with E-state index in [9.17, 15) is 4.79 Å². The Labute approximate surface area is 189 Å². The van der Waals surface area contributed by atoms with Crippen molar-refractivity contribution in [1.29, 1.82) is 0 Å². The summed E-state index contributed by atoms with van der Waals surface area (Å²) < 4.78 is 1.96. The topological polar surface area (TPSA) is 92.4 Å². The van der Waals surface area contributed by atoms with Gasteiger partial charge in [0.1, 0.15) is 0 Å². The molecule has 4 aromatic rings. The average Bonchev–Trinajstić information content (AvgIpc) is 3.28. The van der Waals surface area contributed by atoms with Gasteiger partial charge in [-0.25, -0.2) is 0 Å². The van der Waals surface area contributed by atoms with Crippen molar-refractivity contribution >= 4 is 29.1 Å². The van der Waals surface area contributed by atoms with Crippen LogP contribution >= 0.6 is 11.8 Å². The summed E-state index contributed by atoms with van der Waals surface area (Å²) in [6, 6.07) is 26.8. The number of benzene rings is 3. The van der Waals surface area contributed by atoms with Crippen LogP contribution in [-0.2, 0) is 4.79 Å². The summed E-state index contributed by atoms with van der Waals surface area (Å²) in [6.45, 7) is 1.71. The highest BCUT2D eigenvalue weighted by atomic mass is 32.2. The first-order valence-corrected chi connectivity index (χ1v) is 10.9. The zero-order chi connectivity index (χ0) is 22.3. The summed E-state index contributed by atoms with van der Waals surface area (Å²) in [5.41, 5.74) is 3.83. The molecular weight excluding hydrogens is 422 g/mol. The molecule has 0 aliphatic rings. The van der Waals surface area contributed by atoms with Crippen LogP contribution in [0.5, 0.6) is 0 Å². The number of anilines is 1. The van der Waals surface area contributed by atoms with Crippen LogP contribution in [0.4, 0.5) is 5.69 Å². The van der Waals surface area contributed by atoms with Gasteiger partial charge in [-0.2, -0.15) is 0 Å². The lowest BCUT2D eigenvalue weighted by Gasteiger charge is -2.10. The summed E-state index contributed by atoms with van der Waals surface area (Å²) >= 11 is 1.32. The molecule has 8 heteroatoms. The number of rotatable bonds is 7. The Hall–Kier alpha value is -3.91. The first-order valence-electron chi connectivity index (χ1n) is 9.93. The number of thioether (sulfide) groups is 1. The molecule has 160 valence electrons. The number of nitrogens with one attached hydrogen (secondary N) is 1. The van der Waals surface area contributed by atoms with Crippen molar-refractivity contribution in [3.8, 4) is 17.1 Å². The maximum absolute atomic E-state index is 12.5. The van der Waals surface area contributed by atoms with Crippen molar-refractivity contribution in [2.24, 2.45) is 5.16 Å². The Bertz CT molecular complexity index is 1220. The van der Waals surface area contributed by atoms with Crippen LogP contribution in [0.3, 0.4) is 0 Å². The molecule has 1 amide bonds. The molecule has 0 bridgehead atoms. The van der Waals surface area contributed by atoms with Gasteiger partial charge in [-0.3, -0.25) is 9.36 Å². The van der Waals surface area contributed by atoms with Gasteiger partial charge >= 0.3 is 0 Å². The van der Waals surface area contributed by atoms with Gasteiger partial charge in [0.05, 0.1) is 11.5 Å². The van der Waals surface area contributed by atoms with E-state index in [-0.39, 0.29) is 11.7 Å². The molecule has 1 aromatic heterocycles. The summed E-state index contributed by atoms with van der Waals surface area (Å²) in [5.74, 6) is 0.744. The lowest BCUT2D eigenvalue weighted by atomic mass is 10.1. The summed E-state index contributed by atoms with van der Waals surface area (Å²) in [5, 5.41) is 24.3. The van der Waals surface area contributed by atoms with Crippen LogP contribution in [0.2, 0.25) is 0 Å². The first kappa shape index (κ1) is 21.3. The van der Waals surface area contributed by atoms with Gasteiger partial charge in [0, 0.05) is 16.9 Å². The SMILES string of the molecule is C/C(=N\O)c1ccc(NC(=O)CSc2nnc(-c3ccccc3)n2-c2ccccc2)cc1. The Kier molecular flexibility index (Phi) is 6.62. The minimum Gasteiger partial charge on any atom is -0.411 e. The molecule has 0 aliphatic heterocycles. The zero-order valence-electron chi connectivity index (χ0n) is 17.3. The monoisotopic (exact) mass is 443 g/mol. The second kappa shape index (κ2) is 9.93. The fraction of sp³-hybridized carbons (Fsp3) is 0.0833. The third-order valence-electron chi connectivity index (χ3n) is 4.75. The van der Waals surface area contributed by atoms with E-state index in [0.29, 0.717) is 16.6 Å². The van der Waals surface area contributed by atoms with Gasteiger partial charge < -0.3 is 10.5 Å². The molecule has 0 fully saturated rings. The van der Waals surface area contributed by atoms with Crippen molar-refractivity contribution < 1.29 is 10.0 Å². The van der Waals surface area contributed by atoms with Gasteiger partial charge in [-0.15, -0.1) is 10.2 Å². The summed E-state index contributed by atoms with van der Waals surface area (Å²) in [6.07, 6.45) is 0. The minimum atomic E-state index is -0.154. The normalized spacial score (nSPS) is 11.3. The fourth-order valence-electron chi connectivity index (χ4n) is 3.13.